The summed E-state index contributed by atoms with van der Waals surface area (Å²) in [5, 5.41) is 6.45. The summed E-state index contributed by atoms with van der Waals surface area (Å²) in [6.07, 6.45) is 59.1. The fourth-order valence-corrected chi connectivity index (χ4v) is 11.2. The quantitative estimate of drug-likeness (QED) is 0.0285. The Hall–Kier alpha value is -2.94. The fourth-order valence-electron chi connectivity index (χ4n) is 11.2. The molecule has 0 radical (unpaired) electrons. The van der Waals surface area contributed by atoms with E-state index in [1.54, 1.807) is 0 Å². The number of rotatable bonds is 54. The van der Waals surface area contributed by atoms with Gasteiger partial charge >= 0.3 is 11.9 Å². The zero-order valence-corrected chi connectivity index (χ0v) is 50.5. The minimum Gasteiger partial charge on any atom is -0.462 e. The molecule has 1 heterocycles. The molecule has 76 heavy (non-hydrogen) atoms. The molecule has 4 atom stereocenters. The summed E-state index contributed by atoms with van der Waals surface area (Å²) in [5.41, 5.74) is -0.819. The smallest absolute Gasteiger partial charge is 0.328 e. The average molecular weight is 1060 g/mol. The van der Waals surface area contributed by atoms with E-state index in [-0.39, 0.29) is 42.4 Å². The van der Waals surface area contributed by atoms with Crippen molar-refractivity contribution in [2.45, 2.75) is 348 Å². The van der Waals surface area contributed by atoms with Crippen LogP contribution in [0.5, 0.6) is 0 Å². The van der Waals surface area contributed by atoms with Crippen molar-refractivity contribution in [2.24, 2.45) is 0 Å². The van der Waals surface area contributed by atoms with Gasteiger partial charge < -0.3 is 25.0 Å². The van der Waals surface area contributed by atoms with Gasteiger partial charge in [0, 0.05) is 25.6 Å². The number of carbonyl (C=O) groups is 2. The summed E-state index contributed by atoms with van der Waals surface area (Å²) in [6.45, 7) is 13.8. The lowest BCUT2D eigenvalue weighted by Gasteiger charge is -2.35. The maximum absolute atomic E-state index is 14.5. The average Bonchev–Trinajstić information content (AvgIpc) is 3.43. The number of piperidine rings is 1. The SMILES string of the molecule is CCCCC/C=C\CCC(CCCCCCCCCCCCCC)OC(=O)CC[C@H](Nc1c(NCCCN2CCCCC2CC)c(=O)c1=O)C(=O)OC(CC/C=C\CCCCC)CCCCCCCCCCCCCC. The number of likely N-dealkylation sites (tertiary alicyclic amines) is 1. The van der Waals surface area contributed by atoms with Crippen LogP contribution in [0.3, 0.4) is 0 Å². The lowest BCUT2D eigenvalue weighted by molar-refractivity contribution is -0.152. The van der Waals surface area contributed by atoms with E-state index < -0.39 is 22.9 Å². The summed E-state index contributed by atoms with van der Waals surface area (Å²) >= 11 is 0. The molecule has 0 saturated carbocycles. The molecule has 1 aromatic carbocycles. The standard InChI is InChI=1S/C67H121N3O6/c1-6-11-15-19-23-25-27-29-31-35-39-42-50-59(49-41-37-33-21-17-13-8-3)75-62(71)54-53-61(69-64-63(65(72)66(64)73)68-55-47-57-70-56-46-45-48-58(70)10-5)67(74)76-60(51-43-38-34-22-18-14-9-4)52-44-40-36-32-30-28-26-24-20-16-12-7-2/h33-34,37-38,58-61,68-69H,6-32,35-36,39-57H2,1-5H3/b37-33-,38-34-/t58?,59?,60?,61-/m0/s1. The number of anilines is 2. The minimum absolute atomic E-state index is 0.00504. The third-order valence-electron chi connectivity index (χ3n) is 16.2. The van der Waals surface area contributed by atoms with Gasteiger partial charge in [-0.1, -0.05) is 232 Å². The van der Waals surface area contributed by atoms with Crippen molar-refractivity contribution in [1.29, 1.82) is 0 Å². The Morgan fingerprint density at radius 3 is 1.42 bits per heavy atom. The second-order valence-corrected chi connectivity index (χ2v) is 23.1. The van der Waals surface area contributed by atoms with Crippen LogP contribution in [0, 0.1) is 0 Å². The van der Waals surface area contributed by atoms with Crippen molar-refractivity contribution in [3.63, 3.8) is 0 Å². The summed E-state index contributed by atoms with van der Waals surface area (Å²) in [4.78, 5) is 57.3. The molecular formula is C67H121N3O6. The molecule has 2 rings (SSSR count). The van der Waals surface area contributed by atoms with Gasteiger partial charge in [-0.15, -0.1) is 0 Å². The molecule has 0 spiro atoms. The Kier molecular flexibility index (Phi) is 44.7. The molecule has 440 valence electrons. The second-order valence-electron chi connectivity index (χ2n) is 23.1. The molecule has 3 unspecified atom stereocenters. The van der Waals surface area contributed by atoms with Crippen molar-refractivity contribution < 1.29 is 19.1 Å². The van der Waals surface area contributed by atoms with Crippen molar-refractivity contribution in [1.82, 2.24) is 4.90 Å². The predicted octanol–water partition coefficient (Wildman–Crippen LogP) is 18.7. The number of ether oxygens (including phenoxy) is 2. The van der Waals surface area contributed by atoms with Gasteiger partial charge in [0.05, 0.1) is 0 Å². The molecule has 1 aliphatic rings. The molecule has 1 aromatic rings. The van der Waals surface area contributed by atoms with Gasteiger partial charge in [-0.05, 0) is 116 Å². The predicted molar refractivity (Wildman–Crippen MR) is 327 cm³/mol. The fraction of sp³-hybridized carbons (Fsp3) is 0.851. The molecule has 2 N–H and O–H groups in total. The van der Waals surface area contributed by atoms with Crippen LogP contribution in [-0.2, 0) is 19.1 Å². The molecular weight excluding hydrogens is 943 g/mol. The first-order chi connectivity index (χ1) is 37.3. The van der Waals surface area contributed by atoms with Crippen molar-refractivity contribution >= 4 is 23.3 Å². The van der Waals surface area contributed by atoms with Crippen molar-refractivity contribution in [2.75, 3.05) is 30.3 Å². The number of unbranched alkanes of at least 4 members (excludes halogenated alkanes) is 28. The van der Waals surface area contributed by atoms with E-state index in [1.807, 2.05) is 0 Å². The van der Waals surface area contributed by atoms with Gasteiger partial charge in [0.1, 0.15) is 29.6 Å². The Morgan fingerprint density at radius 1 is 0.500 bits per heavy atom. The molecule has 0 bridgehead atoms. The van der Waals surface area contributed by atoms with E-state index in [0.717, 1.165) is 103 Å². The summed E-state index contributed by atoms with van der Waals surface area (Å²) < 4.78 is 12.7. The number of hydrogen-bond acceptors (Lipinski definition) is 9. The number of carbonyl (C=O) groups excluding carboxylic acids is 2. The second kappa shape index (κ2) is 49.1. The number of nitrogens with one attached hydrogen (secondary N) is 2. The first-order valence-corrected chi connectivity index (χ1v) is 33.1. The maximum atomic E-state index is 14.5. The molecule has 1 aliphatic heterocycles. The molecule has 1 saturated heterocycles. The van der Waals surface area contributed by atoms with E-state index >= 15 is 0 Å². The van der Waals surface area contributed by atoms with Crippen LogP contribution in [0.1, 0.15) is 324 Å². The number of nitrogens with zero attached hydrogens (tertiary/aromatic N) is 1. The van der Waals surface area contributed by atoms with Gasteiger partial charge in [-0.25, -0.2) is 4.79 Å². The number of esters is 2. The third kappa shape index (κ3) is 34.8. The Balaban J connectivity index is 2.17. The third-order valence-corrected chi connectivity index (χ3v) is 16.2. The van der Waals surface area contributed by atoms with Crippen LogP contribution in [0.25, 0.3) is 0 Å². The molecule has 0 amide bonds. The van der Waals surface area contributed by atoms with E-state index in [2.05, 4.69) is 74.5 Å². The van der Waals surface area contributed by atoms with Gasteiger partial charge in [-0.2, -0.15) is 0 Å². The maximum Gasteiger partial charge on any atom is 0.328 e. The largest absolute Gasteiger partial charge is 0.462 e. The normalized spacial score (nSPS) is 15.5. The summed E-state index contributed by atoms with van der Waals surface area (Å²) in [5.74, 6) is -0.803. The van der Waals surface area contributed by atoms with E-state index in [0.29, 0.717) is 12.6 Å². The monoisotopic (exact) mass is 1060 g/mol. The van der Waals surface area contributed by atoms with Crippen LogP contribution in [0.4, 0.5) is 11.4 Å². The summed E-state index contributed by atoms with van der Waals surface area (Å²) in [7, 11) is 0. The van der Waals surface area contributed by atoms with Crippen LogP contribution < -0.4 is 21.5 Å². The van der Waals surface area contributed by atoms with Crippen LogP contribution in [0.2, 0.25) is 0 Å². The lowest BCUT2D eigenvalue weighted by atomic mass is 10.00. The highest BCUT2D eigenvalue weighted by atomic mass is 16.5. The molecule has 0 aliphatic carbocycles. The number of hydrogen-bond donors (Lipinski definition) is 2. The first kappa shape index (κ1) is 69.2. The highest BCUT2D eigenvalue weighted by molar-refractivity contribution is 5.84. The molecule has 1 fully saturated rings. The van der Waals surface area contributed by atoms with Crippen LogP contribution in [0.15, 0.2) is 33.9 Å². The summed E-state index contributed by atoms with van der Waals surface area (Å²) in [6, 6.07) is -0.382. The topological polar surface area (TPSA) is 114 Å². The molecule has 9 heteroatoms. The van der Waals surface area contributed by atoms with Crippen LogP contribution >= 0.6 is 0 Å². The van der Waals surface area contributed by atoms with E-state index in [9.17, 15) is 19.2 Å². The van der Waals surface area contributed by atoms with E-state index in [4.69, 9.17) is 9.47 Å². The van der Waals surface area contributed by atoms with E-state index in [1.165, 1.54) is 186 Å². The zero-order valence-electron chi connectivity index (χ0n) is 50.5. The molecule has 9 nitrogen and oxygen atoms in total. The Bertz CT molecular complexity index is 1650. The number of allylic oxidation sites excluding steroid dienone is 4. The zero-order chi connectivity index (χ0) is 54.9. The highest BCUT2D eigenvalue weighted by Gasteiger charge is 2.30. The Labute approximate surface area is 468 Å². The van der Waals surface area contributed by atoms with Crippen LogP contribution in [-0.4, -0.2) is 60.8 Å². The van der Waals surface area contributed by atoms with Gasteiger partial charge in [-0.3, -0.25) is 14.4 Å². The van der Waals surface area contributed by atoms with Gasteiger partial charge in [0.25, 0.3) is 10.9 Å². The van der Waals surface area contributed by atoms with Crippen molar-refractivity contribution in [3.8, 4) is 0 Å². The van der Waals surface area contributed by atoms with Gasteiger partial charge in [0.2, 0.25) is 0 Å². The Morgan fingerprint density at radius 2 is 0.934 bits per heavy atom. The van der Waals surface area contributed by atoms with Gasteiger partial charge in [0.15, 0.2) is 0 Å². The minimum atomic E-state index is -0.982. The van der Waals surface area contributed by atoms with Crippen molar-refractivity contribution in [3.05, 3.63) is 44.8 Å². The highest BCUT2D eigenvalue weighted by Crippen LogP contribution is 2.24. The lowest BCUT2D eigenvalue weighted by Crippen LogP contribution is -2.43. The molecule has 0 aromatic heterocycles. The first-order valence-electron chi connectivity index (χ1n) is 33.1.